The monoisotopic (exact) mass is 426 g/mol. The number of H-pyrrole nitrogens is 1. The van der Waals surface area contributed by atoms with Gasteiger partial charge in [-0.15, -0.1) is 0 Å². The maximum Gasteiger partial charge on any atom is 0.258 e. The van der Waals surface area contributed by atoms with Gasteiger partial charge < -0.3 is 4.98 Å². The summed E-state index contributed by atoms with van der Waals surface area (Å²) >= 11 is 0. The van der Waals surface area contributed by atoms with Crippen LogP contribution in [0.2, 0.25) is 0 Å². The normalized spacial score (nSPS) is 12.7. The second-order valence-electron chi connectivity index (χ2n) is 6.26. The molecule has 3 rings (SSSR count). The molecule has 0 saturated heterocycles. The van der Waals surface area contributed by atoms with Gasteiger partial charge in [0, 0.05) is 54.6 Å². The maximum absolute atomic E-state index is 13.3. The standard InChI is InChI=1S/C17H19FN4O4S2/c1-22(27(2,23)24)8-7-21-28(25,26)17-6-3-12(10-20-17)15-11-19-16-9-13(18)4-5-14(15)16/h3-6,9-11,19,21H,7-8H2,1-2H3. The predicted octanol–water partition coefficient (Wildman–Crippen LogP) is 1.54. The summed E-state index contributed by atoms with van der Waals surface area (Å²) < 4.78 is 64.0. The molecule has 150 valence electrons. The molecule has 0 fully saturated rings. The molecule has 2 heterocycles. The van der Waals surface area contributed by atoms with Gasteiger partial charge in [-0.05, 0) is 30.3 Å². The molecule has 0 aliphatic heterocycles. The number of hydrogen-bond acceptors (Lipinski definition) is 5. The number of rotatable bonds is 7. The molecule has 0 atom stereocenters. The van der Waals surface area contributed by atoms with Crippen LogP contribution in [0.4, 0.5) is 4.39 Å². The average Bonchev–Trinajstić information content (AvgIpc) is 3.03. The van der Waals surface area contributed by atoms with Crippen LogP contribution in [-0.4, -0.2) is 57.5 Å². The summed E-state index contributed by atoms with van der Waals surface area (Å²) in [6, 6.07) is 7.34. The van der Waals surface area contributed by atoms with Crippen molar-refractivity contribution >= 4 is 30.9 Å². The highest BCUT2D eigenvalue weighted by Crippen LogP contribution is 2.28. The van der Waals surface area contributed by atoms with Gasteiger partial charge in [0.2, 0.25) is 10.0 Å². The van der Waals surface area contributed by atoms with Crippen LogP contribution in [0.25, 0.3) is 22.0 Å². The number of nitrogens with zero attached hydrogens (tertiary/aromatic N) is 2. The molecule has 0 saturated carbocycles. The largest absolute Gasteiger partial charge is 0.360 e. The number of aromatic amines is 1. The van der Waals surface area contributed by atoms with Crippen molar-refractivity contribution in [3.8, 4) is 11.1 Å². The first kappa shape index (κ1) is 20.4. The summed E-state index contributed by atoms with van der Waals surface area (Å²) in [7, 11) is -5.89. The minimum Gasteiger partial charge on any atom is -0.360 e. The Morgan fingerprint density at radius 1 is 1.18 bits per heavy atom. The Balaban J connectivity index is 1.76. The Kier molecular flexibility index (Phi) is 5.53. The van der Waals surface area contributed by atoms with Crippen molar-refractivity contribution in [2.24, 2.45) is 0 Å². The molecule has 0 bridgehead atoms. The molecule has 0 aliphatic carbocycles. The summed E-state index contributed by atoms with van der Waals surface area (Å²) in [6.07, 6.45) is 4.17. The fourth-order valence-corrected chi connectivity index (χ4v) is 3.98. The first-order chi connectivity index (χ1) is 13.1. The Labute approximate surface area is 162 Å². The summed E-state index contributed by atoms with van der Waals surface area (Å²) in [5, 5.41) is 0.616. The molecule has 0 unspecified atom stereocenters. The maximum atomic E-state index is 13.3. The van der Waals surface area contributed by atoms with E-state index in [1.807, 2.05) is 0 Å². The van der Waals surface area contributed by atoms with Crippen molar-refractivity contribution in [1.29, 1.82) is 0 Å². The second-order valence-corrected chi connectivity index (χ2v) is 10.1. The molecule has 1 aromatic carbocycles. The molecule has 0 radical (unpaired) electrons. The zero-order valence-electron chi connectivity index (χ0n) is 15.2. The Morgan fingerprint density at radius 3 is 2.57 bits per heavy atom. The highest BCUT2D eigenvalue weighted by Gasteiger charge is 2.18. The topological polar surface area (TPSA) is 112 Å². The van der Waals surface area contributed by atoms with E-state index < -0.39 is 20.0 Å². The van der Waals surface area contributed by atoms with E-state index in [0.29, 0.717) is 11.1 Å². The van der Waals surface area contributed by atoms with Gasteiger partial charge in [0.25, 0.3) is 10.0 Å². The number of aromatic nitrogens is 2. The van der Waals surface area contributed by atoms with E-state index in [4.69, 9.17) is 0 Å². The van der Waals surface area contributed by atoms with Crippen molar-refractivity contribution < 1.29 is 21.2 Å². The molecule has 8 nitrogen and oxygen atoms in total. The summed E-state index contributed by atoms with van der Waals surface area (Å²) in [5.74, 6) is -0.354. The van der Waals surface area contributed by atoms with Crippen LogP contribution in [0.3, 0.4) is 0 Å². The number of benzene rings is 1. The quantitative estimate of drug-likeness (QED) is 0.595. The van der Waals surface area contributed by atoms with E-state index in [9.17, 15) is 21.2 Å². The van der Waals surface area contributed by atoms with E-state index in [-0.39, 0.29) is 23.9 Å². The van der Waals surface area contributed by atoms with Gasteiger partial charge in [-0.25, -0.2) is 35.2 Å². The smallest absolute Gasteiger partial charge is 0.258 e. The lowest BCUT2D eigenvalue weighted by molar-refractivity contribution is 0.474. The lowest BCUT2D eigenvalue weighted by atomic mass is 10.1. The van der Waals surface area contributed by atoms with Crippen molar-refractivity contribution in [3.05, 3.63) is 48.5 Å². The lowest BCUT2D eigenvalue weighted by Crippen LogP contribution is -2.35. The fourth-order valence-electron chi connectivity index (χ4n) is 2.61. The minimum absolute atomic E-state index is 0.00203. The van der Waals surface area contributed by atoms with Crippen LogP contribution in [0.15, 0.2) is 47.8 Å². The van der Waals surface area contributed by atoms with E-state index in [2.05, 4.69) is 14.7 Å². The number of sulfonamides is 2. The van der Waals surface area contributed by atoms with Gasteiger partial charge in [0.15, 0.2) is 5.03 Å². The Hall–Kier alpha value is -2.34. The molecule has 11 heteroatoms. The number of hydrogen-bond donors (Lipinski definition) is 2. The van der Waals surface area contributed by atoms with Crippen LogP contribution in [0, 0.1) is 5.82 Å². The second kappa shape index (κ2) is 7.59. The predicted molar refractivity (Wildman–Crippen MR) is 104 cm³/mol. The first-order valence-corrected chi connectivity index (χ1v) is 11.5. The SMILES string of the molecule is CN(CCNS(=O)(=O)c1ccc(-c2c[nH]c3cc(F)ccc23)cn1)S(C)(=O)=O. The van der Waals surface area contributed by atoms with Crippen molar-refractivity contribution in [2.45, 2.75) is 5.03 Å². The van der Waals surface area contributed by atoms with Gasteiger partial charge >= 0.3 is 0 Å². The number of fused-ring (bicyclic) bond motifs is 1. The van der Waals surface area contributed by atoms with Gasteiger partial charge in [-0.2, -0.15) is 0 Å². The van der Waals surface area contributed by atoms with Gasteiger partial charge in [-0.1, -0.05) is 0 Å². The highest BCUT2D eigenvalue weighted by molar-refractivity contribution is 7.89. The Morgan fingerprint density at radius 2 is 1.93 bits per heavy atom. The average molecular weight is 426 g/mol. The summed E-state index contributed by atoms with van der Waals surface area (Å²) in [5.41, 5.74) is 2.08. The summed E-state index contributed by atoms with van der Waals surface area (Å²) in [4.78, 5) is 6.98. The van der Waals surface area contributed by atoms with Crippen LogP contribution in [0.1, 0.15) is 0 Å². The van der Waals surface area contributed by atoms with E-state index >= 15 is 0 Å². The molecular weight excluding hydrogens is 407 g/mol. The molecule has 3 aromatic rings. The zero-order chi connectivity index (χ0) is 20.5. The first-order valence-electron chi connectivity index (χ1n) is 8.22. The molecule has 2 N–H and O–H groups in total. The minimum atomic E-state index is -3.88. The molecule has 0 amide bonds. The highest BCUT2D eigenvalue weighted by atomic mass is 32.2. The number of halogens is 1. The van der Waals surface area contributed by atoms with Crippen LogP contribution in [0.5, 0.6) is 0 Å². The third-order valence-corrected chi connectivity index (χ3v) is 6.94. The number of likely N-dealkylation sites (N-methyl/N-ethyl adjacent to an activating group) is 1. The third-order valence-electron chi connectivity index (χ3n) is 4.25. The van der Waals surface area contributed by atoms with Crippen molar-refractivity contribution in [1.82, 2.24) is 19.0 Å². The zero-order valence-corrected chi connectivity index (χ0v) is 16.8. The molecular formula is C17H19FN4O4S2. The molecule has 2 aromatic heterocycles. The summed E-state index contributed by atoms with van der Waals surface area (Å²) in [6.45, 7) is -0.0780. The lowest BCUT2D eigenvalue weighted by Gasteiger charge is -2.14. The van der Waals surface area contributed by atoms with Crippen LogP contribution in [-0.2, 0) is 20.0 Å². The van der Waals surface area contributed by atoms with Gasteiger partial charge in [0.1, 0.15) is 5.82 Å². The van der Waals surface area contributed by atoms with Gasteiger partial charge in [0.05, 0.1) is 6.26 Å². The van der Waals surface area contributed by atoms with Crippen molar-refractivity contribution in [2.75, 3.05) is 26.4 Å². The van der Waals surface area contributed by atoms with Crippen LogP contribution < -0.4 is 4.72 Å². The molecule has 0 aliphatic rings. The number of nitrogens with one attached hydrogen (secondary N) is 2. The molecule has 28 heavy (non-hydrogen) atoms. The molecule has 0 spiro atoms. The van der Waals surface area contributed by atoms with Crippen LogP contribution >= 0.6 is 0 Å². The van der Waals surface area contributed by atoms with Gasteiger partial charge in [-0.3, -0.25) is 0 Å². The Bertz CT molecular complexity index is 1210. The van der Waals surface area contributed by atoms with Crippen molar-refractivity contribution in [3.63, 3.8) is 0 Å². The van der Waals surface area contributed by atoms with E-state index in [1.165, 1.54) is 31.4 Å². The van der Waals surface area contributed by atoms with E-state index in [1.54, 1.807) is 18.3 Å². The number of pyridine rings is 1. The fraction of sp³-hybridized carbons (Fsp3) is 0.235. The third kappa shape index (κ3) is 4.38. The van der Waals surface area contributed by atoms with E-state index in [0.717, 1.165) is 21.5 Å².